The first-order valence-electron chi connectivity index (χ1n) is 7.59. The number of ether oxygens (including phenoxy) is 1. The van der Waals surface area contributed by atoms with Gasteiger partial charge in [0.25, 0.3) is 0 Å². The molecule has 2 aliphatic rings. The fourth-order valence-electron chi connectivity index (χ4n) is 3.79. The van der Waals surface area contributed by atoms with Crippen molar-refractivity contribution in [3.8, 4) is 0 Å². The van der Waals surface area contributed by atoms with Gasteiger partial charge < -0.3 is 10.1 Å². The van der Waals surface area contributed by atoms with E-state index in [1.54, 1.807) is 0 Å². The minimum atomic E-state index is 0.409. The van der Waals surface area contributed by atoms with E-state index in [0.717, 1.165) is 19.8 Å². The van der Waals surface area contributed by atoms with Crippen LogP contribution in [0.5, 0.6) is 0 Å². The summed E-state index contributed by atoms with van der Waals surface area (Å²) in [5.41, 5.74) is 0.409. The molecule has 1 aliphatic heterocycles. The average molecular weight is 254 g/mol. The minimum Gasteiger partial charge on any atom is -0.380 e. The van der Waals surface area contributed by atoms with Gasteiger partial charge in [-0.25, -0.2) is 0 Å². The van der Waals surface area contributed by atoms with Crippen molar-refractivity contribution in [1.29, 1.82) is 0 Å². The largest absolute Gasteiger partial charge is 0.380 e. The van der Waals surface area contributed by atoms with E-state index >= 15 is 0 Å². The number of nitrogens with zero attached hydrogens (tertiary/aromatic N) is 1. The first kappa shape index (κ1) is 14.3. The molecule has 0 radical (unpaired) electrons. The number of nitrogens with one attached hydrogen (secondary N) is 1. The van der Waals surface area contributed by atoms with Crippen molar-refractivity contribution in [2.45, 2.75) is 64.6 Å². The normalized spacial score (nSPS) is 36.2. The van der Waals surface area contributed by atoms with Gasteiger partial charge in [-0.3, -0.25) is 4.90 Å². The Labute approximate surface area is 112 Å². The Morgan fingerprint density at radius 2 is 2.11 bits per heavy atom. The van der Waals surface area contributed by atoms with Gasteiger partial charge in [-0.2, -0.15) is 0 Å². The second kappa shape index (κ2) is 5.89. The SMILES string of the molecule is CCNC1C(N(C)C2CCOC2)CCCC1(C)C. The summed E-state index contributed by atoms with van der Waals surface area (Å²) >= 11 is 0. The summed E-state index contributed by atoms with van der Waals surface area (Å²) in [5.74, 6) is 0. The lowest BCUT2D eigenvalue weighted by atomic mass is 9.70. The maximum Gasteiger partial charge on any atom is 0.0622 e. The summed E-state index contributed by atoms with van der Waals surface area (Å²) in [4.78, 5) is 2.60. The highest BCUT2D eigenvalue weighted by molar-refractivity contribution is 4.98. The standard InChI is InChI=1S/C15H30N2O/c1-5-16-14-13(7-6-9-15(14,2)3)17(4)12-8-10-18-11-12/h12-14,16H,5-11H2,1-4H3. The Balaban J connectivity index is 2.07. The van der Waals surface area contributed by atoms with Crippen molar-refractivity contribution in [3.05, 3.63) is 0 Å². The third-order valence-electron chi connectivity index (χ3n) is 4.98. The van der Waals surface area contributed by atoms with Crippen molar-refractivity contribution >= 4 is 0 Å². The summed E-state index contributed by atoms with van der Waals surface area (Å²) in [7, 11) is 2.30. The molecular formula is C15H30N2O. The van der Waals surface area contributed by atoms with Crippen LogP contribution in [0.4, 0.5) is 0 Å². The molecule has 0 bridgehead atoms. The molecule has 106 valence electrons. The number of likely N-dealkylation sites (N-methyl/N-ethyl adjacent to an activating group) is 2. The number of hydrogen-bond donors (Lipinski definition) is 1. The lowest BCUT2D eigenvalue weighted by molar-refractivity contribution is 0.0365. The predicted molar refractivity (Wildman–Crippen MR) is 75.9 cm³/mol. The van der Waals surface area contributed by atoms with Gasteiger partial charge in [0, 0.05) is 24.7 Å². The summed E-state index contributed by atoms with van der Waals surface area (Å²) in [6.45, 7) is 10.0. The van der Waals surface area contributed by atoms with E-state index in [4.69, 9.17) is 4.74 Å². The van der Waals surface area contributed by atoms with Gasteiger partial charge in [-0.15, -0.1) is 0 Å². The third kappa shape index (κ3) is 2.89. The topological polar surface area (TPSA) is 24.5 Å². The van der Waals surface area contributed by atoms with Crippen LogP contribution >= 0.6 is 0 Å². The zero-order valence-electron chi connectivity index (χ0n) is 12.5. The Kier molecular flexibility index (Phi) is 4.68. The third-order valence-corrected chi connectivity index (χ3v) is 4.98. The van der Waals surface area contributed by atoms with Crippen LogP contribution in [0.15, 0.2) is 0 Å². The van der Waals surface area contributed by atoms with Gasteiger partial charge in [0.1, 0.15) is 0 Å². The smallest absolute Gasteiger partial charge is 0.0622 e. The average Bonchev–Trinajstić information content (AvgIpc) is 2.84. The molecule has 1 saturated carbocycles. The zero-order chi connectivity index (χ0) is 13.2. The zero-order valence-corrected chi connectivity index (χ0v) is 12.5. The molecule has 2 fully saturated rings. The highest BCUT2D eigenvalue weighted by atomic mass is 16.5. The molecule has 0 spiro atoms. The van der Waals surface area contributed by atoms with E-state index < -0.39 is 0 Å². The van der Waals surface area contributed by atoms with Gasteiger partial charge in [0.05, 0.1) is 6.61 Å². The number of rotatable bonds is 4. The predicted octanol–water partition coefficient (Wildman–Crippen LogP) is 2.26. The molecular weight excluding hydrogens is 224 g/mol. The molecule has 3 unspecified atom stereocenters. The van der Waals surface area contributed by atoms with Crippen molar-refractivity contribution in [2.75, 3.05) is 26.8 Å². The monoisotopic (exact) mass is 254 g/mol. The first-order chi connectivity index (χ1) is 8.56. The minimum absolute atomic E-state index is 0.409. The molecule has 1 heterocycles. The fourth-order valence-corrected chi connectivity index (χ4v) is 3.79. The Bertz CT molecular complexity index is 261. The van der Waals surface area contributed by atoms with Crippen LogP contribution in [0.25, 0.3) is 0 Å². The van der Waals surface area contributed by atoms with Crippen LogP contribution in [-0.2, 0) is 4.74 Å². The summed E-state index contributed by atoms with van der Waals surface area (Å²) in [6, 6.07) is 1.91. The quantitative estimate of drug-likeness (QED) is 0.833. The van der Waals surface area contributed by atoms with Crippen LogP contribution in [-0.4, -0.2) is 49.8 Å². The van der Waals surface area contributed by atoms with E-state index in [1.165, 1.54) is 25.7 Å². The summed E-state index contributed by atoms with van der Waals surface area (Å²) in [6.07, 6.45) is 5.23. The molecule has 3 atom stereocenters. The van der Waals surface area contributed by atoms with Gasteiger partial charge in [0.2, 0.25) is 0 Å². The van der Waals surface area contributed by atoms with Crippen LogP contribution < -0.4 is 5.32 Å². The molecule has 2 rings (SSSR count). The maximum absolute atomic E-state index is 5.55. The second-order valence-corrected chi connectivity index (χ2v) is 6.67. The highest BCUT2D eigenvalue weighted by Gasteiger charge is 2.41. The Hall–Kier alpha value is -0.120. The van der Waals surface area contributed by atoms with E-state index in [9.17, 15) is 0 Å². The maximum atomic E-state index is 5.55. The Morgan fingerprint density at radius 1 is 1.33 bits per heavy atom. The van der Waals surface area contributed by atoms with Crippen LogP contribution in [0.2, 0.25) is 0 Å². The first-order valence-corrected chi connectivity index (χ1v) is 7.59. The molecule has 1 aliphatic carbocycles. The Morgan fingerprint density at radius 3 is 2.72 bits per heavy atom. The molecule has 0 aromatic rings. The van der Waals surface area contributed by atoms with Crippen molar-refractivity contribution in [2.24, 2.45) is 5.41 Å². The highest BCUT2D eigenvalue weighted by Crippen LogP contribution is 2.38. The van der Waals surface area contributed by atoms with Gasteiger partial charge in [0.15, 0.2) is 0 Å². The summed E-state index contributed by atoms with van der Waals surface area (Å²) in [5, 5.41) is 3.75. The molecule has 3 nitrogen and oxygen atoms in total. The molecule has 0 aromatic heterocycles. The van der Waals surface area contributed by atoms with Crippen LogP contribution in [0, 0.1) is 5.41 Å². The van der Waals surface area contributed by atoms with E-state index in [-0.39, 0.29) is 0 Å². The summed E-state index contributed by atoms with van der Waals surface area (Å²) < 4.78 is 5.55. The fraction of sp³-hybridized carbons (Fsp3) is 1.00. The molecule has 3 heteroatoms. The van der Waals surface area contributed by atoms with E-state index in [2.05, 4.69) is 38.0 Å². The van der Waals surface area contributed by atoms with Crippen LogP contribution in [0.1, 0.15) is 46.5 Å². The van der Waals surface area contributed by atoms with Gasteiger partial charge in [-0.1, -0.05) is 27.2 Å². The molecule has 18 heavy (non-hydrogen) atoms. The van der Waals surface area contributed by atoms with E-state index in [0.29, 0.717) is 23.5 Å². The van der Waals surface area contributed by atoms with E-state index in [1.807, 2.05) is 0 Å². The molecule has 0 amide bonds. The lowest BCUT2D eigenvalue weighted by Gasteiger charge is -2.49. The second-order valence-electron chi connectivity index (χ2n) is 6.67. The van der Waals surface area contributed by atoms with Crippen molar-refractivity contribution in [3.63, 3.8) is 0 Å². The lowest BCUT2D eigenvalue weighted by Crippen LogP contribution is -2.59. The van der Waals surface area contributed by atoms with Crippen molar-refractivity contribution < 1.29 is 4.74 Å². The molecule has 1 saturated heterocycles. The van der Waals surface area contributed by atoms with Crippen molar-refractivity contribution in [1.82, 2.24) is 10.2 Å². The number of hydrogen-bond acceptors (Lipinski definition) is 3. The van der Waals surface area contributed by atoms with Gasteiger partial charge >= 0.3 is 0 Å². The molecule has 0 aromatic carbocycles. The van der Waals surface area contributed by atoms with Crippen LogP contribution in [0.3, 0.4) is 0 Å². The van der Waals surface area contributed by atoms with Gasteiger partial charge in [-0.05, 0) is 38.3 Å². The molecule has 1 N–H and O–H groups in total.